The molecule has 6 amide bonds. The Morgan fingerprint density at radius 2 is 1.27 bits per heavy atom. The van der Waals surface area contributed by atoms with E-state index in [1.807, 2.05) is 13.8 Å². The maximum Gasteiger partial charge on any atom is 0.453 e. The quantitative estimate of drug-likeness (QED) is 0.0636. The molecule has 0 aromatic heterocycles. The molecule has 0 fully saturated rings. The van der Waals surface area contributed by atoms with E-state index in [-0.39, 0.29) is 25.1 Å². The lowest BCUT2D eigenvalue weighted by Crippen LogP contribution is -2.62. The first-order valence-electron chi connectivity index (χ1n) is 18.3. The van der Waals surface area contributed by atoms with E-state index in [1.54, 1.807) is 58.9 Å². The number of sulfone groups is 1. The Bertz CT molecular complexity index is 1650. The minimum absolute atomic E-state index is 0.0602. The fraction of sp³-hybridized carbons (Fsp3) is 0.639. The van der Waals surface area contributed by atoms with Crippen LogP contribution in [-0.4, -0.2) is 120 Å². The highest BCUT2D eigenvalue weighted by Gasteiger charge is 2.38. The van der Waals surface area contributed by atoms with Crippen molar-refractivity contribution < 1.29 is 57.1 Å². The number of carboxylic acids is 1. The van der Waals surface area contributed by atoms with Gasteiger partial charge in [-0.3, -0.25) is 33.6 Å². The summed E-state index contributed by atoms with van der Waals surface area (Å²) in [6.45, 7) is 13.1. The molecule has 6 atom stereocenters. The summed E-state index contributed by atoms with van der Waals surface area (Å²) >= 11 is 0. The zero-order chi connectivity index (χ0) is 43.1. The zero-order valence-electron chi connectivity index (χ0n) is 33.6. The van der Waals surface area contributed by atoms with Crippen molar-refractivity contribution in [3.8, 4) is 0 Å². The molecular weight excluding hydrogens is 751 g/mol. The van der Waals surface area contributed by atoms with Crippen LogP contribution in [0.5, 0.6) is 0 Å². The number of hydrogen-bond donors (Lipinski definition) is 9. The van der Waals surface area contributed by atoms with Gasteiger partial charge in [0.2, 0.25) is 35.4 Å². The Kier molecular flexibility index (Phi) is 19.7. The van der Waals surface area contributed by atoms with Crippen LogP contribution >= 0.6 is 0 Å². The van der Waals surface area contributed by atoms with Crippen LogP contribution in [0.4, 0.5) is 0 Å². The van der Waals surface area contributed by atoms with Gasteiger partial charge < -0.3 is 47.1 Å². The van der Waals surface area contributed by atoms with Gasteiger partial charge in [-0.05, 0) is 49.1 Å². The maximum atomic E-state index is 14.2. The Balaban J connectivity index is 3.56. The van der Waals surface area contributed by atoms with Gasteiger partial charge in [0.05, 0.1) is 12.2 Å². The molecule has 0 aliphatic heterocycles. The highest BCUT2D eigenvalue weighted by Crippen LogP contribution is 2.21. The van der Waals surface area contributed by atoms with Crippen LogP contribution in [0.15, 0.2) is 24.3 Å². The van der Waals surface area contributed by atoms with Crippen LogP contribution in [0.25, 0.3) is 0 Å². The number of carbonyl (C=O) groups is 7. The Morgan fingerprint density at radius 1 is 0.750 bits per heavy atom. The largest absolute Gasteiger partial charge is 0.481 e. The number of carbonyl (C=O) groups excluding carboxylic acids is 6. The molecule has 1 rings (SSSR count). The molecule has 18 nitrogen and oxygen atoms in total. The molecule has 314 valence electrons. The molecule has 0 saturated carbocycles. The van der Waals surface area contributed by atoms with Gasteiger partial charge in [-0.1, -0.05) is 58.9 Å². The Hall–Kier alpha value is -4.56. The fourth-order valence-electron chi connectivity index (χ4n) is 5.64. The first-order chi connectivity index (χ1) is 25.7. The van der Waals surface area contributed by atoms with Crippen molar-refractivity contribution in [1.29, 1.82) is 0 Å². The third kappa shape index (κ3) is 18.9. The molecule has 0 bridgehead atoms. The van der Waals surface area contributed by atoms with E-state index < -0.39 is 119 Å². The van der Waals surface area contributed by atoms with Crippen LogP contribution in [0, 0.1) is 18.3 Å². The van der Waals surface area contributed by atoms with Crippen LogP contribution in [-0.2, 0) is 49.8 Å². The van der Waals surface area contributed by atoms with E-state index in [9.17, 15) is 57.1 Å². The number of nitrogens with one attached hydrogen (secondary N) is 6. The topological polar surface area (TPSA) is 286 Å². The van der Waals surface area contributed by atoms with E-state index in [0.717, 1.165) is 18.7 Å². The van der Waals surface area contributed by atoms with Crippen LogP contribution in [0.2, 0.25) is 6.32 Å². The first kappa shape index (κ1) is 49.5. The highest BCUT2D eigenvalue weighted by molar-refractivity contribution is 7.90. The standard InChI is InChI=1S/C36H59BN6O12S/c1-20(2)16-26(32(48)38-22(4)19-37(52)53)42-35(51)30(36(6,7)8)43-34(50)27(17-24-13-11-10-12-21(24)3)41-31(47)25(14-15-56(9,54)55)40-33(49)28(18-29(45)46)39-23(5)44/h10-13,20,22,25-28,30,52-53H,14-19H2,1-9H3,(H,38,48)(H,39,44)(H,40,49)(H,41,47)(H,42,51)(H,43,50)(H,45,46)/t22?,25-,26-,27-,28-,30+/m0/s1. The van der Waals surface area contributed by atoms with Crippen molar-refractivity contribution in [2.45, 2.75) is 124 Å². The Morgan fingerprint density at radius 3 is 1.77 bits per heavy atom. The number of rotatable bonds is 22. The molecule has 0 heterocycles. The molecule has 20 heteroatoms. The summed E-state index contributed by atoms with van der Waals surface area (Å²) in [5, 5.41) is 43.1. The average Bonchev–Trinajstić information content (AvgIpc) is 3.03. The third-order valence-electron chi connectivity index (χ3n) is 8.51. The van der Waals surface area contributed by atoms with Gasteiger partial charge in [0.1, 0.15) is 40.0 Å². The minimum Gasteiger partial charge on any atom is -0.481 e. The van der Waals surface area contributed by atoms with Gasteiger partial charge in [0.25, 0.3) is 0 Å². The summed E-state index contributed by atoms with van der Waals surface area (Å²) in [4.78, 5) is 91.5. The second-order valence-electron chi connectivity index (χ2n) is 15.6. The van der Waals surface area contributed by atoms with E-state index in [4.69, 9.17) is 0 Å². The Labute approximate surface area is 329 Å². The summed E-state index contributed by atoms with van der Waals surface area (Å²) in [5.74, 6) is -7.02. The van der Waals surface area contributed by atoms with Crippen LogP contribution in [0.3, 0.4) is 0 Å². The summed E-state index contributed by atoms with van der Waals surface area (Å²) in [6.07, 6.45) is -0.466. The molecule has 1 aromatic rings. The van der Waals surface area contributed by atoms with Crippen molar-refractivity contribution >= 4 is 58.4 Å². The number of aryl methyl sites for hydroxylation is 1. The number of benzene rings is 1. The summed E-state index contributed by atoms with van der Waals surface area (Å²) in [7, 11) is -5.36. The van der Waals surface area contributed by atoms with Gasteiger partial charge in [-0.25, -0.2) is 8.42 Å². The van der Waals surface area contributed by atoms with Gasteiger partial charge in [-0.2, -0.15) is 0 Å². The first-order valence-corrected chi connectivity index (χ1v) is 20.3. The van der Waals surface area contributed by atoms with Crippen LogP contribution in [0.1, 0.15) is 78.9 Å². The maximum absolute atomic E-state index is 14.2. The number of amides is 6. The molecule has 0 radical (unpaired) electrons. The third-order valence-corrected chi connectivity index (χ3v) is 9.49. The second kappa shape index (κ2) is 22.3. The van der Waals surface area contributed by atoms with Gasteiger partial charge in [0, 0.05) is 32.0 Å². The van der Waals surface area contributed by atoms with E-state index >= 15 is 0 Å². The SMILES string of the molecule is CC(=O)N[C@@H](CC(=O)O)C(=O)N[C@@H](CCS(C)(=O)=O)C(=O)N[C@@H](Cc1ccccc1C)C(=O)N[C@H](C(=O)N[C@@H](CC(C)C)C(=O)NC(C)CB(O)O)C(C)(C)C. The summed E-state index contributed by atoms with van der Waals surface area (Å²) in [5.41, 5.74) is 0.423. The van der Waals surface area contributed by atoms with Crippen molar-refractivity contribution in [3.05, 3.63) is 35.4 Å². The van der Waals surface area contributed by atoms with Gasteiger partial charge in [-0.15, -0.1) is 0 Å². The van der Waals surface area contributed by atoms with E-state index in [1.165, 1.54) is 0 Å². The fourth-order valence-corrected chi connectivity index (χ4v) is 6.30. The molecule has 1 aromatic carbocycles. The smallest absolute Gasteiger partial charge is 0.453 e. The lowest BCUT2D eigenvalue weighted by Gasteiger charge is -2.34. The summed E-state index contributed by atoms with van der Waals surface area (Å²) in [6, 6.07) is -0.639. The van der Waals surface area contributed by atoms with Crippen molar-refractivity contribution in [2.75, 3.05) is 12.0 Å². The zero-order valence-corrected chi connectivity index (χ0v) is 34.4. The van der Waals surface area contributed by atoms with Crippen LogP contribution < -0.4 is 31.9 Å². The number of aliphatic carboxylic acids is 1. The van der Waals surface area contributed by atoms with Gasteiger partial charge in [0.15, 0.2) is 0 Å². The van der Waals surface area contributed by atoms with Crippen molar-refractivity contribution in [2.24, 2.45) is 11.3 Å². The average molecular weight is 811 g/mol. The molecule has 0 aliphatic rings. The molecule has 0 aliphatic carbocycles. The van der Waals surface area contributed by atoms with Crippen molar-refractivity contribution in [3.63, 3.8) is 0 Å². The highest BCUT2D eigenvalue weighted by atomic mass is 32.2. The number of hydrogen-bond acceptors (Lipinski definition) is 11. The minimum atomic E-state index is -3.69. The molecule has 9 N–H and O–H groups in total. The second-order valence-corrected chi connectivity index (χ2v) is 17.9. The lowest BCUT2D eigenvalue weighted by molar-refractivity contribution is -0.141. The van der Waals surface area contributed by atoms with E-state index in [0.29, 0.717) is 5.56 Å². The molecule has 0 spiro atoms. The molecule has 56 heavy (non-hydrogen) atoms. The normalized spacial score (nSPS) is 14.9. The van der Waals surface area contributed by atoms with E-state index in [2.05, 4.69) is 31.9 Å². The predicted octanol–water partition coefficient (Wildman–Crippen LogP) is -1.04. The predicted molar refractivity (Wildman–Crippen MR) is 208 cm³/mol. The monoisotopic (exact) mass is 810 g/mol. The van der Waals surface area contributed by atoms with Gasteiger partial charge >= 0.3 is 13.1 Å². The lowest BCUT2D eigenvalue weighted by atomic mass is 9.82. The molecular formula is C36H59BN6O12S. The molecule has 1 unspecified atom stereocenters. The molecule has 0 saturated heterocycles. The summed E-state index contributed by atoms with van der Waals surface area (Å²) < 4.78 is 24.2. The van der Waals surface area contributed by atoms with Crippen molar-refractivity contribution in [1.82, 2.24) is 31.9 Å². The number of carboxylic acid groups (broad SMARTS) is 1.